The first-order valence-corrected chi connectivity index (χ1v) is 6.26. The van der Waals surface area contributed by atoms with E-state index >= 15 is 0 Å². The summed E-state index contributed by atoms with van der Waals surface area (Å²) >= 11 is 0. The first kappa shape index (κ1) is 11.3. The molecular weight excluding hydrogens is 233 g/mol. The highest BCUT2D eigenvalue weighted by Gasteiger charge is 2.21. The van der Waals surface area contributed by atoms with Gasteiger partial charge < -0.3 is 9.79 Å². The second kappa shape index (κ2) is 3.41. The Labute approximate surface area is 79.3 Å². The molecule has 0 fully saturated rings. The molecule has 0 spiro atoms. The van der Waals surface area contributed by atoms with Crippen molar-refractivity contribution in [2.24, 2.45) is 0 Å². The molecule has 0 amide bonds. The summed E-state index contributed by atoms with van der Waals surface area (Å²) in [6, 6.07) is 1.55. The molecular formula is C5H6NO6PS. The molecule has 14 heavy (non-hydrogen) atoms. The smallest absolute Gasteiger partial charge is 0.320 e. The van der Waals surface area contributed by atoms with E-state index in [0.717, 1.165) is 12.3 Å². The number of aromatic nitrogens is 1. The van der Waals surface area contributed by atoms with Crippen molar-refractivity contribution in [2.75, 3.05) is 0 Å². The Morgan fingerprint density at radius 1 is 1.36 bits per heavy atom. The van der Waals surface area contributed by atoms with Gasteiger partial charge in [0.05, 0.1) is 4.90 Å². The first-order valence-electron chi connectivity index (χ1n) is 3.21. The SMILES string of the molecule is O=P(O)(O)c1cc(S(=O)(=O)O)ccn1. The average Bonchev–Trinajstić information content (AvgIpc) is 2.01. The van der Waals surface area contributed by atoms with E-state index in [4.69, 9.17) is 14.3 Å². The van der Waals surface area contributed by atoms with Gasteiger partial charge in [-0.1, -0.05) is 0 Å². The predicted octanol–water partition coefficient (Wildman–Crippen LogP) is -0.869. The van der Waals surface area contributed by atoms with Gasteiger partial charge in [-0.15, -0.1) is 0 Å². The Hall–Kier alpha value is -0.790. The number of hydrogen-bond acceptors (Lipinski definition) is 4. The molecule has 1 aromatic heterocycles. The van der Waals surface area contributed by atoms with Crippen molar-refractivity contribution < 1.29 is 27.3 Å². The lowest BCUT2D eigenvalue weighted by atomic mass is 10.5. The van der Waals surface area contributed by atoms with Crippen LogP contribution in [0.3, 0.4) is 0 Å². The summed E-state index contributed by atoms with van der Waals surface area (Å²) in [5.74, 6) is 0. The lowest BCUT2D eigenvalue weighted by molar-refractivity contribution is 0.386. The Kier molecular flexibility index (Phi) is 2.75. The van der Waals surface area contributed by atoms with Crippen LogP contribution < -0.4 is 5.44 Å². The first-order chi connectivity index (χ1) is 6.21. The van der Waals surface area contributed by atoms with Gasteiger partial charge in [-0.2, -0.15) is 8.42 Å². The van der Waals surface area contributed by atoms with E-state index in [0.29, 0.717) is 6.07 Å². The van der Waals surface area contributed by atoms with Crippen LogP contribution in [0.4, 0.5) is 0 Å². The number of hydrogen-bond donors (Lipinski definition) is 3. The third kappa shape index (κ3) is 2.60. The molecule has 0 saturated heterocycles. The van der Waals surface area contributed by atoms with Gasteiger partial charge in [-0.3, -0.25) is 9.12 Å². The monoisotopic (exact) mass is 239 g/mol. The standard InChI is InChI=1S/C5H6NO6PS/c7-13(8,9)5-3-4(1-2-6-5)14(10,11)12/h1-3H,(H2,7,8,9)(H,10,11,12). The fourth-order valence-corrected chi connectivity index (χ4v) is 1.82. The van der Waals surface area contributed by atoms with Crippen LogP contribution in [0.15, 0.2) is 23.2 Å². The van der Waals surface area contributed by atoms with Gasteiger partial charge in [0.2, 0.25) is 0 Å². The molecule has 0 bridgehead atoms. The van der Waals surface area contributed by atoms with Gasteiger partial charge >= 0.3 is 7.60 Å². The summed E-state index contributed by atoms with van der Waals surface area (Å²) in [6.45, 7) is 0. The highest BCUT2D eigenvalue weighted by molar-refractivity contribution is 7.85. The quantitative estimate of drug-likeness (QED) is 0.452. The molecule has 0 aliphatic rings. The fraction of sp³-hybridized carbons (Fsp3) is 0. The van der Waals surface area contributed by atoms with Crippen LogP contribution in [0, 0.1) is 0 Å². The zero-order chi connectivity index (χ0) is 11.0. The summed E-state index contributed by atoms with van der Waals surface area (Å²) in [7, 11) is -9.07. The third-order valence-electron chi connectivity index (χ3n) is 1.31. The highest BCUT2D eigenvalue weighted by atomic mass is 32.2. The predicted molar refractivity (Wildman–Crippen MR) is 45.7 cm³/mol. The van der Waals surface area contributed by atoms with Crippen LogP contribution in [0.2, 0.25) is 0 Å². The van der Waals surface area contributed by atoms with Crippen molar-refractivity contribution in [1.29, 1.82) is 0 Å². The largest absolute Gasteiger partial charge is 0.374 e. The summed E-state index contributed by atoms with van der Waals surface area (Å²) in [5.41, 5.74) is -0.701. The summed E-state index contributed by atoms with van der Waals surface area (Å²) < 4.78 is 40.4. The van der Waals surface area contributed by atoms with E-state index in [1.54, 1.807) is 0 Å². The maximum atomic E-state index is 10.7. The van der Waals surface area contributed by atoms with E-state index in [9.17, 15) is 13.0 Å². The minimum atomic E-state index is -4.60. The second-order valence-corrected chi connectivity index (χ2v) is 5.34. The van der Waals surface area contributed by atoms with Crippen LogP contribution in [0.25, 0.3) is 0 Å². The van der Waals surface area contributed by atoms with Gasteiger partial charge in [0.25, 0.3) is 10.1 Å². The van der Waals surface area contributed by atoms with Crippen molar-refractivity contribution in [3.63, 3.8) is 0 Å². The Bertz CT molecular complexity index is 491. The summed E-state index contributed by atoms with van der Waals surface area (Å²) in [6.07, 6.45) is 0.886. The van der Waals surface area contributed by atoms with Crippen molar-refractivity contribution >= 4 is 23.1 Å². The minimum Gasteiger partial charge on any atom is -0.320 e. The van der Waals surface area contributed by atoms with E-state index < -0.39 is 28.0 Å². The van der Waals surface area contributed by atoms with Crippen molar-refractivity contribution in [3.8, 4) is 0 Å². The molecule has 0 aliphatic heterocycles. The summed E-state index contributed by atoms with van der Waals surface area (Å²) in [4.78, 5) is 20.0. The topological polar surface area (TPSA) is 125 Å². The molecule has 0 saturated carbocycles. The minimum absolute atomic E-state index is 0.606. The molecule has 1 rings (SSSR count). The zero-order valence-electron chi connectivity index (χ0n) is 6.60. The van der Waals surface area contributed by atoms with Crippen molar-refractivity contribution in [3.05, 3.63) is 18.3 Å². The molecule has 1 heterocycles. The third-order valence-corrected chi connectivity index (χ3v) is 3.00. The van der Waals surface area contributed by atoms with Gasteiger partial charge in [0, 0.05) is 6.20 Å². The Morgan fingerprint density at radius 2 is 1.93 bits per heavy atom. The molecule has 1 aromatic rings. The highest BCUT2D eigenvalue weighted by Crippen LogP contribution is 2.32. The fourth-order valence-electron chi connectivity index (χ4n) is 0.719. The maximum absolute atomic E-state index is 10.7. The zero-order valence-corrected chi connectivity index (χ0v) is 8.31. The Balaban J connectivity index is 3.36. The molecule has 7 nitrogen and oxygen atoms in total. The van der Waals surface area contributed by atoms with Crippen LogP contribution in [-0.2, 0) is 14.7 Å². The van der Waals surface area contributed by atoms with E-state index in [1.807, 2.05) is 0 Å². The lowest BCUT2D eigenvalue weighted by Crippen LogP contribution is -2.11. The average molecular weight is 239 g/mol. The maximum Gasteiger partial charge on any atom is 0.374 e. The molecule has 3 N–H and O–H groups in total. The van der Waals surface area contributed by atoms with Gasteiger partial charge in [-0.25, -0.2) is 4.98 Å². The Morgan fingerprint density at radius 3 is 2.36 bits per heavy atom. The van der Waals surface area contributed by atoms with Gasteiger partial charge in [-0.05, 0) is 12.1 Å². The molecule has 9 heteroatoms. The number of rotatable bonds is 2. The lowest BCUT2D eigenvalue weighted by Gasteiger charge is -2.03. The molecule has 0 atom stereocenters. The van der Waals surface area contributed by atoms with Crippen LogP contribution in [-0.4, -0.2) is 27.7 Å². The van der Waals surface area contributed by atoms with Crippen LogP contribution in [0.5, 0.6) is 0 Å². The van der Waals surface area contributed by atoms with Gasteiger partial charge in [0.15, 0.2) is 5.44 Å². The van der Waals surface area contributed by atoms with Gasteiger partial charge in [0.1, 0.15) is 0 Å². The molecule has 0 radical (unpaired) electrons. The number of nitrogens with zero attached hydrogens (tertiary/aromatic N) is 1. The second-order valence-electron chi connectivity index (χ2n) is 2.37. The molecule has 0 aliphatic carbocycles. The molecule has 0 aromatic carbocycles. The molecule has 78 valence electrons. The number of pyridine rings is 1. The van der Waals surface area contributed by atoms with Crippen LogP contribution in [0.1, 0.15) is 0 Å². The van der Waals surface area contributed by atoms with Crippen molar-refractivity contribution in [1.82, 2.24) is 4.98 Å². The van der Waals surface area contributed by atoms with E-state index in [-0.39, 0.29) is 0 Å². The van der Waals surface area contributed by atoms with Crippen molar-refractivity contribution in [2.45, 2.75) is 4.90 Å². The molecule has 0 unspecified atom stereocenters. The van der Waals surface area contributed by atoms with Crippen LogP contribution >= 0.6 is 7.60 Å². The van der Waals surface area contributed by atoms with E-state index in [2.05, 4.69) is 4.98 Å². The summed E-state index contributed by atoms with van der Waals surface area (Å²) in [5, 5.41) is 0. The van der Waals surface area contributed by atoms with E-state index in [1.165, 1.54) is 0 Å². The normalized spacial score (nSPS) is 12.8.